The molecule has 0 aliphatic heterocycles. The summed E-state index contributed by atoms with van der Waals surface area (Å²) in [6, 6.07) is 6.14. The number of phenolic OH excluding ortho intramolecular Hbond substituents is 1. The number of hydrogen-bond donors (Lipinski definition) is 6. The number of hydrogen-bond acceptors (Lipinski definition) is 8. The molecule has 0 saturated heterocycles. The van der Waals surface area contributed by atoms with Crippen LogP contribution in [0.3, 0.4) is 0 Å². The number of aliphatic carboxylic acids is 2. The van der Waals surface area contributed by atoms with E-state index in [1.54, 1.807) is 31.2 Å². The SMILES string of the molecule is COCCN(C)C(=O)NCCNCC(O)COc1ccc(O)cc1.O=C(O)C(=O)O. The number of aromatic hydroxyl groups is 1. The van der Waals surface area contributed by atoms with Crippen LogP contribution in [0.1, 0.15) is 0 Å². The zero-order valence-electron chi connectivity index (χ0n) is 16.9. The van der Waals surface area contributed by atoms with Crippen LogP contribution in [0.2, 0.25) is 0 Å². The van der Waals surface area contributed by atoms with Crippen molar-refractivity contribution in [3.63, 3.8) is 0 Å². The van der Waals surface area contributed by atoms with Gasteiger partial charge in [-0.25, -0.2) is 14.4 Å². The third-order valence-electron chi connectivity index (χ3n) is 3.40. The normalized spacial score (nSPS) is 10.9. The molecule has 0 radical (unpaired) electrons. The molecule has 1 atom stereocenters. The maximum atomic E-state index is 11.7. The molecule has 12 nitrogen and oxygen atoms in total. The fourth-order valence-electron chi connectivity index (χ4n) is 1.78. The van der Waals surface area contributed by atoms with E-state index >= 15 is 0 Å². The summed E-state index contributed by atoms with van der Waals surface area (Å²) < 4.78 is 10.3. The van der Waals surface area contributed by atoms with E-state index in [4.69, 9.17) is 34.4 Å². The van der Waals surface area contributed by atoms with E-state index in [2.05, 4.69) is 10.6 Å². The average Bonchev–Trinajstić information content (AvgIpc) is 2.71. The lowest BCUT2D eigenvalue weighted by molar-refractivity contribution is -0.159. The third-order valence-corrected chi connectivity index (χ3v) is 3.40. The molecule has 30 heavy (non-hydrogen) atoms. The summed E-state index contributed by atoms with van der Waals surface area (Å²) >= 11 is 0. The van der Waals surface area contributed by atoms with Crippen LogP contribution in [0.5, 0.6) is 11.5 Å². The number of phenols is 1. The molecule has 1 aromatic carbocycles. The molecule has 1 aromatic rings. The van der Waals surface area contributed by atoms with Crippen LogP contribution in [-0.2, 0) is 14.3 Å². The molecule has 0 aliphatic carbocycles. The van der Waals surface area contributed by atoms with Crippen molar-refractivity contribution in [2.24, 2.45) is 0 Å². The number of methoxy groups -OCH3 is 1. The maximum absolute atomic E-state index is 11.7. The number of carboxylic acids is 2. The summed E-state index contributed by atoms with van der Waals surface area (Å²) in [6.45, 7) is 2.53. The van der Waals surface area contributed by atoms with E-state index in [0.29, 0.717) is 38.5 Å². The molecule has 0 aromatic heterocycles. The van der Waals surface area contributed by atoms with Gasteiger partial charge in [0.1, 0.15) is 24.2 Å². The highest BCUT2D eigenvalue weighted by Crippen LogP contribution is 2.15. The third kappa shape index (κ3) is 14.0. The Labute approximate surface area is 174 Å². The average molecular weight is 431 g/mol. The molecule has 6 N–H and O–H groups in total. The monoisotopic (exact) mass is 431 g/mol. The van der Waals surface area contributed by atoms with Crippen LogP contribution in [-0.4, -0.2) is 103 Å². The zero-order chi connectivity index (χ0) is 22.9. The number of carbonyl (C=O) groups excluding carboxylic acids is 1. The molecule has 0 aliphatic rings. The minimum Gasteiger partial charge on any atom is -0.508 e. The molecular formula is C18H29N3O9. The summed E-state index contributed by atoms with van der Waals surface area (Å²) in [6.07, 6.45) is -0.668. The number of aliphatic hydroxyl groups is 1. The largest absolute Gasteiger partial charge is 0.508 e. The van der Waals surface area contributed by atoms with Crippen molar-refractivity contribution in [2.45, 2.75) is 6.10 Å². The quantitative estimate of drug-likeness (QED) is 0.191. The van der Waals surface area contributed by atoms with E-state index in [-0.39, 0.29) is 18.4 Å². The number of nitrogens with zero attached hydrogens (tertiary/aromatic N) is 1. The number of nitrogens with one attached hydrogen (secondary N) is 2. The lowest BCUT2D eigenvalue weighted by Gasteiger charge is -2.18. The summed E-state index contributed by atoms with van der Waals surface area (Å²) in [5.41, 5.74) is 0. The second kappa shape index (κ2) is 15.8. The van der Waals surface area contributed by atoms with Gasteiger partial charge in [-0.3, -0.25) is 0 Å². The Kier molecular flexibility index (Phi) is 14.2. The molecule has 12 heteroatoms. The Hall–Kier alpha value is -3.09. The number of urea groups is 1. The molecule has 170 valence electrons. The van der Waals surface area contributed by atoms with Crippen molar-refractivity contribution in [3.05, 3.63) is 24.3 Å². The molecule has 1 unspecified atom stereocenters. The highest BCUT2D eigenvalue weighted by molar-refractivity contribution is 6.27. The fraction of sp³-hybridized carbons (Fsp3) is 0.500. The number of aliphatic hydroxyl groups excluding tert-OH is 1. The smallest absolute Gasteiger partial charge is 0.414 e. The van der Waals surface area contributed by atoms with Crippen molar-refractivity contribution in [1.29, 1.82) is 0 Å². The van der Waals surface area contributed by atoms with Gasteiger partial charge in [-0.15, -0.1) is 0 Å². The summed E-state index contributed by atoms with van der Waals surface area (Å²) in [5.74, 6) is -2.90. The van der Waals surface area contributed by atoms with E-state index in [1.807, 2.05) is 0 Å². The van der Waals surface area contributed by atoms with Crippen LogP contribution in [0.15, 0.2) is 24.3 Å². The molecule has 0 fully saturated rings. The minimum absolute atomic E-state index is 0.143. The fourth-order valence-corrected chi connectivity index (χ4v) is 1.78. The van der Waals surface area contributed by atoms with Gasteiger partial charge in [-0.2, -0.15) is 0 Å². The van der Waals surface area contributed by atoms with E-state index in [1.165, 1.54) is 12.1 Å². The lowest BCUT2D eigenvalue weighted by atomic mass is 10.3. The maximum Gasteiger partial charge on any atom is 0.414 e. The second-order valence-corrected chi connectivity index (χ2v) is 5.92. The standard InChI is InChI=1S/C16H27N3O5.C2H2O4/c1-19(9-10-23-2)16(22)18-8-7-17-11-14(21)12-24-15-5-3-13(20)4-6-15;3-1(4)2(5)6/h3-6,14,17,20-21H,7-12H2,1-2H3,(H,18,22);(H,3,4)(H,5,6). The lowest BCUT2D eigenvalue weighted by Crippen LogP contribution is -2.42. The van der Waals surface area contributed by atoms with E-state index in [0.717, 1.165) is 0 Å². The predicted octanol–water partition coefficient (Wildman–Crippen LogP) is -0.835. The highest BCUT2D eigenvalue weighted by atomic mass is 16.5. The highest BCUT2D eigenvalue weighted by Gasteiger charge is 2.08. The van der Waals surface area contributed by atoms with E-state index < -0.39 is 18.0 Å². The number of carboxylic acid groups (broad SMARTS) is 2. The van der Waals surface area contributed by atoms with Gasteiger partial charge in [0.05, 0.1) is 6.61 Å². The van der Waals surface area contributed by atoms with Crippen LogP contribution >= 0.6 is 0 Å². The van der Waals surface area contributed by atoms with Gasteiger partial charge in [0.2, 0.25) is 0 Å². The van der Waals surface area contributed by atoms with Crippen molar-refractivity contribution in [2.75, 3.05) is 53.6 Å². The summed E-state index contributed by atoms with van der Waals surface area (Å²) in [4.78, 5) is 31.4. The molecular weight excluding hydrogens is 402 g/mol. The first-order valence-corrected chi connectivity index (χ1v) is 8.92. The summed E-state index contributed by atoms with van der Waals surface area (Å²) in [7, 11) is 3.29. The van der Waals surface area contributed by atoms with Gasteiger partial charge in [-0.1, -0.05) is 0 Å². The molecule has 0 heterocycles. The van der Waals surface area contributed by atoms with Crippen LogP contribution < -0.4 is 15.4 Å². The Morgan fingerprint density at radius 2 is 1.70 bits per heavy atom. The number of ether oxygens (including phenoxy) is 2. The number of carbonyl (C=O) groups is 3. The van der Waals surface area contributed by atoms with Crippen molar-refractivity contribution in [3.8, 4) is 11.5 Å². The second-order valence-electron chi connectivity index (χ2n) is 5.92. The van der Waals surface area contributed by atoms with Crippen LogP contribution in [0.4, 0.5) is 4.79 Å². The first-order chi connectivity index (χ1) is 14.2. The molecule has 1 rings (SSSR count). The van der Waals surface area contributed by atoms with Gasteiger partial charge in [0, 0.05) is 40.3 Å². The number of benzene rings is 1. The van der Waals surface area contributed by atoms with Gasteiger partial charge in [0.15, 0.2) is 0 Å². The Morgan fingerprint density at radius 1 is 1.10 bits per heavy atom. The Balaban J connectivity index is 0.00000122. The Morgan fingerprint density at radius 3 is 2.23 bits per heavy atom. The zero-order valence-corrected chi connectivity index (χ0v) is 16.9. The van der Waals surface area contributed by atoms with Gasteiger partial charge in [-0.05, 0) is 24.3 Å². The molecule has 2 amide bonds. The molecule has 0 saturated carbocycles. The number of likely N-dealkylation sites (N-methyl/N-ethyl adjacent to an activating group) is 1. The van der Waals surface area contributed by atoms with Crippen molar-refractivity contribution in [1.82, 2.24) is 15.5 Å². The van der Waals surface area contributed by atoms with Crippen molar-refractivity contribution >= 4 is 18.0 Å². The number of rotatable bonds is 11. The molecule has 0 spiro atoms. The van der Waals surface area contributed by atoms with Gasteiger partial charge >= 0.3 is 18.0 Å². The first-order valence-electron chi connectivity index (χ1n) is 8.92. The van der Waals surface area contributed by atoms with Crippen molar-refractivity contribution < 1.29 is 44.3 Å². The summed E-state index contributed by atoms with van der Waals surface area (Å²) in [5, 5.41) is 39.6. The topological polar surface area (TPSA) is 178 Å². The van der Waals surface area contributed by atoms with Crippen LogP contribution in [0.25, 0.3) is 0 Å². The predicted molar refractivity (Wildman–Crippen MR) is 106 cm³/mol. The minimum atomic E-state index is -1.82. The van der Waals surface area contributed by atoms with Crippen LogP contribution in [0, 0.1) is 0 Å². The first kappa shape index (κ1) is 26.9. The van der Waals surface area contributed by atoms with Gasteiger partial charge < -0.3 is 45.4 Å². The Bertz CT molecular complexity index is 628. The van der Waals surface area contributed by atoms with Gasteiger partial charge in [0.25, 0.3) is 0 Å². The molecule has 0 bridgehead atoms. The van der Waals surface area contributed by atoms with E-state index in [9.17, 15) is 9.90 Å². The number of amides is 2.